The maximum Gasteiger partial charge on any atom is 0.220 e. The second-order valence-corrected chi connectivity index (χ2v) is 3.12. The van der Waals surface area contributed by atoms with E-state index in [1.165, 1.54) is 18.7 Å². The standard InChI is InChI=1S/C9H18N2O3/c1-7(13)9(6-12)11(8(2)14)5-4-10-3/h9-10,12H,4-6H2,1-3H3. The summed E-state index contributed by atoms with van der Waals surface area (Å²) in [6, 6.07) is -0.708. The number of aliphatic hydroxyl groups excluding tert-OH is 1. The molecule has 2 N–H and O–H groups in total. The van der Waals surface area contributed by atoms with Crippen molar-refractivity contribution in [2.24, 2.45) is 0 Å². The van der Waals surface area contributed by atoms with Gasteiger partial charge < -0.3 is 15.3 Å². The Labute approximate surface area is 84.1 Å². The Morgan fingerprint density at radius 1 is 1.43 bits per heavy atom. The molecule has 0 saturated carbocycles. The van der Waals surface area contributed by atoms with E-state index in [2.05, 4.69) is 5.32 Å². The highest BCUT2D eigenvalue weighted by molar-refractivity contribution is 5.86. The number of carbonyl (C=O) groups excluding carboxylic acids is 2. The van der Waals surface area contributed by atoms with Crippen molar-refractivity contribution in [3.8, 4) is 0 Å². The molecular weight excluding hydrogens is 184 g/mol. The highest BCUT2D eigenvalue weighted by Crippen LogP contribution is 2.00. The molecule has 1 atom stereocenters. The molecule has 5 heteroatoms. The molecule has 82 valence electrons. The number of rotatable bonds is 6. The third kappa shape index (κ3) is 3.85. The van der Waals surface area contributed by atoms with Crippen LogP contribution in [0.5, 0.6) is 0 Å². The molecule has 0 aromatic rings. The van der Waals surface area contributed by atoms with Crippen LogP contribution in [-0.4, -0.2) is 54.5 Å². The van der Waals surface area contributed by atoms with Crippen molar-refractivity contribution in [3.05, 3.63) is 0 Å². The first kappa shape index (κ1) is 13.1. The molecule has 0 fully saturated rings. The average Bonchev–Trinajstić information content (AvgIpc) is 2.10. The lowest BCUT2D eigenvalue weighted by molar-refractivity contribution is -0.138. The molecule has 0 aliphatic carbocycles. The maximum absolute atomic E-state index is 11.2. The van der Waals surface area contributed by atoms with Crippen molar-refractivity contribution in [2.75, 3.05) is 26.7 Å². The van der Waals surface area contributed by atoms with Gasteiger partial charge in [-0.25, -0.2) is 0 Å². The number of ketones is 1. The third-order valence-corrected chi connectivity index (χ3v) is 2.03. The Bertz CT molecular complexity index is 206. The van der Waals surface area contributed by atoms with Crippen LogP contribution in [0.15, 0.2) is 0 Å². The SMILES string of the molecule is CNCCN(C(C)=O)C(CO)C(C)=O. The van der Waals surface area contributed by atoms with Crippen molar-refractivity contribution in [3.63, 3.8) is 0 Å². The molecule has 0 heterocycles. The van der Waals surface area contributed by atoms with Crippen LogP contribution in [0.2, 0.25) is 0 Å². The minimum atomic E-state index is -0.708. The Balaban J connectivity index is 4.44. The molecule has 1 amide bonds. The highest BCUT2D eigenvalue weighted by Gasteiger charge is 2.23. The molecule has 0 saturated heterocycles. The van der Waals surface area contributed by atoms with Gasteiger partial charge in [-0.1, -0.05) is 0 Å². The van der Waals surface area contributed by atoms with Gasteiger partial charge in [0, 0.05) is 20.0 Å². The van der Waals surface area contributed by atoms with Gasteiger partial charge in [-0.15, -0.1) is 0 Å². The van der Waals surface area contributed by atoms with Gasteiger partial charge in [-0.2, -0.15) is 0 Å². The van der Waals surface area contributed by atoms with E-state index < -0.39 is 6.04 Å². The van der Waals surface area contributed by atoms with E-state index in [0.29, 0.717) is 13.1 Å². The van der Waals surface area contributed by atoms with Crippen molar-refractivity contribution in [1.82, 2.24) is 10.2 Å². The monoisotopic (exact) mass is 202 g/mol. The molecule has 0 aromatic carbocycles. The van der Waals surface area contributed by atoms with E-state index in [-0.39, 0.29) is 18.3 Å². The van der Waals surface area contributed by atoms with Gasteiger partial charge in [-0.3, -0.25) is 9.59 Å². The van der Waals surface area contributed by atoms with Crippen molar-refractivity contribution >= 4 is 11.7 Å². The fourth-order valence-electron chi connectivity index (χ4n) is 1.21. The van der Waals surface area contributed by atoms with Crippen LogP contribution >= 0.6 is 0 Å². The van der Waals surface area contributed by atoms with E-state index in [4.69, 9.17) is 5.11 Å². The molecule has 1 unspecified atom stereocenters. The number of nitrogens with zero attached hydrogens (tertiary/aromatic N) is 1. The normalized spacial score (nSPS) is 12.3. The molecule has 14 heavy (non-hydrogen) atoms. The topological polar surface area (TPSA) is 69.6 Å². The molecule has 0 aliphatic rings. The molecular formula is C9H18N2O3. The van der Waals surface area contributed by atoms with Gasteiger partial charge in [0.15, 0.2) is 5.78 Å². The predicted octanol–water partition coefficient (Wildman–Crippen LogP) is -0.996. The molecule has 0 radical (unpaired) electrons. The number of Topliss-reactive ketones (excluding diaryl/α,β-unsaturated/α-hetero) is 1. The van der Waals surface area contributed by atoms with Crippen LogP contribution in [0.4, 0.5) is 0 Å². The molecule has 0 rings (SSSR count). The third-order valence-electron chi connectivity index (χ3n) is 2.03. The zero-order valence-corrected chi connectivity index (χ0v) is 8.91. The van der Waals surface area contributed by atoms with Gasteiger partial charge in [-0.05, 0) is 14.0 Å². The van der Waals surface area contributed by atoms with E-state index in [1.54, 1.807) is 7.05 Å². The highest BCUT2D eigenvalue weighted by atomic mass is 16.3. The average molecular weight is 202 g/mol. The van der Waals surface area contributed by atoms with E-state index in [0.717, 1.165) is 0 Å². The molecule has 5 nitrogen and oxygen atoms in total. The molecule has 0 spiro atoms. The van der Waals surface area contributed by atoms with Crippen molar-refractivity contribution in [2.45, 2.75) is 19.9 Å². The fraction of sp³-hybridized carbons (Fsp3) is 0.778. The summed E-state index contributed by atoms with van der Waals surface area (Å²) >= 11 is 0. The summed E-state index contributed by atoms with van der Waals surface area (Å²) in [6.07, 6.45) is 0. The zero-order chi connectivity index (χ0) is 11.1. The van der Waals surface area contributed by atoms with Gasteiger partial charge in [0.1, 0.15) is 6.04 Å². The first-order valence-corrected chi connectivity index (χ1v) is 4.57. The van der Waals surface area contributed by atoms with Gasteiger partial charge in [0.25, 0.3) is 0 Å². The van der Waals surface area contributed by atoms with Crippen LogP contribution in [0.1, 0.15) is 13.8 Å². The van der Waals surface area contributed by atoms with E-state index >= 15 is 0 Å². The summed E-state index contributed by atoms with van der Waals surface area (Å²) < 4.78 is 0. The fourth-order valence-corrected chi connectivity index (χ4v) is 1.21. The molecule has 0 aromatic heterocycles. The zero-order valence-electron chi connectivity index (χ0n) is 8.91. The van der Waals surface area contributed by atoms with E-state index in [9.17, 15) is 9.59 Å². The Hall–Kier alpha value is -0.940. The first-order chi connectivity index (χ1) is 6.54. The minimum absolute atomic E-state index is 0.196. The second-order valence-electron chi connectivity index (χ2n) is 3.12. The van der Waals surface area contributed by atoms with Crippen LogP contribution < -0.4 is 5.32 Å². The molecule has 0 aliphatic heterocycles. The van der Waals surface area contributed by atoms with Gasteiger partial charge in [0.2, 0.25) is 5.91 Å². The quantitative estimate of drug-likeness (QED) is 0.580. The lowest BCUT2D eigenvalue weighted by Gasteiger charge is -2.27. The number of nitrogens with one attached hydrogen (secondary N) is 1. The number of carbonyl (C=O) groups is 2. The van der Waals surface area contributed by atoms with Crippen LogP contribution in [0.25, 0.3) is 0 Å². The number of hydrogen-bond donors (Lipinski definition) is 2. The summed E-state index contributed by atoms with van der Waals surface area (Å²) in [5, 5.41) is 11.9. The molecule has 0 bridgehead atoms. The van der Waals surface area contributed by atoms with Gasteiger partial charge >= 0.3 is 0 Å². The van der Waals surface area contributed by atoms with Crippen LogP contribution in [0, 0.1) is 0 Å². The number of aliphatic hydroxyl groups is 1. The van der Waals surface area contributed by atoms with Crippen molar-refractivity contribution in [1.29, 1.82) is 0 Å². The largest absolute Gasteiger partial charge is 0.394 e. The summed E-state index contributed by atoms with van der Waals surface area (Å²) in [5.74, 6) is -0.395. The lowest BCUT2D eigenvalue weighted by Crippen LogP contribution is -2.47. The Morgan fingerprint density at radius 3 is 2.29 bits per heavy atom. The summed E-state index contributed by atoms with van der Waals surface area (Å²) in [6.45, 7) is 3.47. The van der Waals surface area contributed by atoms with Crippen LogP contribution in [0.3, 0.4) is 0 Å². The Kier molecular flexibility index (Phi) is 6.07. The maximum atomic E-state index is 11.2. The second kappa shape index (κ2) is 6.50. The smallest absolute Gasteiger partial charge is 0.220 e. The van der Waals surface area contributed by atoms with E-state index in [1.807, 2.05) is 0 Å². The summed E-state index contributed by atoms with van der Waals surface area (Å²) in [4.78, 5) is 23.7. The minimum Gasteiger partial charge on any atom is -0.394 e. The lowest BCUT2D eigenvalue weighted by atomic mass is 10.2. The predicted molar refractivity (Wildman–Crippen MR) is 52.9 cm³/mol. The summed E-state index contributed by atoms with van der Waals surface area (Å²) in [5.41, 5.74) is 0. The summed E-state index contributed by atoms with van der Waals surface area (Å²) in [7, 11) is 1.76. The number of hydrogen-bond acceptors (Lipinski definition) is 4. The number of likely N-dealkylation sites (N-methyl/N-ethyl adjacent to an activating group) is 1. The Morgan fingerprint density at radius 2 is 2.00 bits per heavy atom. The van der Waals surface area contributed by atoms with Crippen LogP contribution in [-0.2, 0) is 9.59 Å². The first-order valence-electron chi connectivity index (χ1n) is 4.57. The van der Waals surface area contributed by atoms with Gasteiger partial charge in [0.05, 0.1) is 6.61 Å². The number of amides is 1. The van der Waals surface area contributed by atoms with Crippen molar-refractivity contribution < 1.29 is 14.7 Å².